The summed E-state index contributed by atoms with van der Waals surface area (Å²) in [5, 5.41) is 3.92. The number of ether oxygens (including phenoxy) is 2. The molecule has 0 unspecified atom stereocenters. The number of hydrogen-bond donors (Lipinski definition) is 0. The summed E-state index contributed by atoms with van der Waals surface area (Å²) in [5.41, 5.74) is 0. The summed E-state index contributed by atoms with van der Waals surface area (Å²) in [6.07, 6.45) is 0. The predicted molar refractivity (Wildman–Crippen MR) is 120 cm³/mol. The number of carbonyl (C=O) groups is 1. The van der Waals surface area contributed by atoms with E-state index in [1.54, 1.807) is 33.6 Å². The average molecular weight is 479 g/mol. The van der Waals surface area contributed by atoms with E-state index in [2.05, 4.69) is 0 Å². The molecule has 1 aliphatic rings. The first kappa shape index (κ1) is 21.8. The monoisotopic (exact) mass is 478 g/mol. The van der Waals surface area contributed by atoms with Crippen molar-refractivity contribution in [1.82, 2.24) is 9.21 Å². The third-order valence-electron chi connectivity index (χ3n) is 4.79. The molecule has 3 aromatic rings. The van der Waals surface area contributed by atoms with Crippen LogP contribution in [-0.2, 0) is 27.9 Å². The van der Waals surface area contributed by atoms with Gasteiger partial charge in [-0.15, -0.1) is 22.7 Å². The van der Waals surface area contributed by atoms with Gasteiger partial charge in [0.2, 0.25) is 15.9 Å². The van der Waals surface area contributed by atoms with Crippen LogP contribution in [0, 0.1) is 0 Å². The lowest BCUT2D eigenvalue weighted by atomic mass is 10.3. The third-order valence-corrected chi connectivity index (χ3v) is 8.31. The van der Waals surface area contributed by atoms with Gasteiger partial charge in [0.05, 0.1) is 24.5 Å². The van der Waals surface area contributed by atoms with Crippen LogP contribution in [0.5, 0.6) is 11.5 Å². The maximum Gasteiger partial charge on any atom is 0.243 e. The first-order chi connectivity index (χ1) is 14.9. The molecule has 2 aromatic heterocycles. The SMILES string of the molecule is CN(CC(=O)N(Cc1cccs1)Cc1cccs1)S(=O)(=O)c1ccc2c(c1)OCCO2. The number of nitrogens with zero attached hydrogens (tertiary/aromatic N) is 2. The Morgan fingerprint density at radius 2 is 1.58 bits per heavy atom. The van der Waals surface area contributed by atoms with Crippen LogP contribution in [0.15, 0.2) is 58.1 Å². The minimum Gasteiger partial charge on any atom is -0.486 e. The molecule has 1 aromatic carbocycles. The minimum atomic E-state index is -3.87. The molecule has 0 fully saturated rings. The maximum atomic E-state index is 13.1. The average Bonchev–Trinajstić information content (AvgIpc) is 3.47. The Morgan fingerprint density at radius 1 is 0.968 bits per heavy atom. The zero-order valence-electron chi connectivity index (χ0n) is 16.9. The molecular weight excluding hydrogens is 456 g/mol. The van der Waals surface area contributed by atoms with Crippen LogP contribution in [0.25, 0.3) is 0 Å². The summed E-state index contributed by atoms with van der Waals surface area (Å²) in [5.74, 6) is 0.650. The Bertz CT molecular complexity index is 1090. The van der Waals surface area contributed by atoms with E-state index in [4.69, 9.17) is 9.47 Å². The number of hydrogen-bond acceptors (Lipinski definition) is 7. The number of rotatable bonds is 8. The van der Waals surface area contributed by atoms with Crippen molar-refractivity contribution in [2.75, 3.05) is 26.8 Å². The quantitative estimate of drug-likeness (QED) is 0.496. The van der Waals surface area contributed by atoms with Crippen LogP contribution in [-0.4, -0.2) is 50.3 Å². The van der Waals surface area contributed by atoms with Gasteiger partial charge in [0.15, 0.2) is 11.5 Å². The van der Waals surface area contributed by atoms with E-state index in [0.717, 1.165) is 14.1 Å². The van der Waals surface area contributed by atoms with Gasteiger partial charge in [-0.25, -0.2) is 8.42 Å². The Kier molecular flexibility index (Phi) is 6.61. The highest BCUT2D eigenvalue weighted by molar-refractivity contribution is 7.89. The van der Waals surface area contributed by atoms with Gasteiger partial charge in [0.1, 0.15) is 13.2 Å². The number of carbonyl (C=O) groups excluding carboxylic acids is 1. The van der Waals surface area contributed by atoms with Crippen molar-refractivity contribution in [3.05, 3.63) is 63.0 Å². The summed E-state index contributed by atoms with van der Waals surface area (Å²) in [7, 11) is -2.45. The van der Waals surface area contributed by atoms with E-state index in [-0.39, 0.29) is 17.3 Å². The fourth-order valence-electron chi connectivity index (χ4n) is 3.15. The second kappa shape index (κ2) is 9.39. The second-order valence-corrected chi connectivity index (χ2v) is 11.1. The molecular formula is C21H22N2O5S3. The topological polar surface area (TPSA) is 76.2 Å². The number of likely N-dealkylation sites (N-methyl/N-ethyl adjacent to an activating group) is 1. The first-order valence-electron chi connectivity index (χ1n) is 9.62. The number of thiophene rings is 2. The van der Waals surface area contributed by atoms with Crippen molar-refractivity contribution in [1.29, 1.82) is 0 Å². The summed E-state index contributed by atoms with van der Waals surface area (Å²) in [6.45, 7) is 1.41. The molecule has 4 rings (SSSR count). The third kappa shape index (κ3) is 5.09. The summed E-state index contributed by atoms with van der Waals surface area (Å²) in [4.78, 5) is 16.9. The van der Waals surface area contributed by atoms with Gasteiger partial charge in [0, 0.05) is 22.9 Å². The van der Waals surface area contributed by atoms with Crippen molar-refractivity contribution < 1.29 is 22.7 Å². The Morgan fingerprint density at radius 3 is 2.16 bits per heavy atom. The molecule has 0 saturated heterocycles. The van der Waals surface area contributed by atoms with Crippen molar-refractivity contribution in [3.8, 4) is 11.5 Å². The zero-order valence-corrected chi connectivity index (χ0v) is 19.3. The molecule has 1 amide bonds. The standard InChI is InChI=1S/C21H22N2O5S3/c1-22(31(25,26)18-6-7-19-20(12-18)28-9-8-27-19)15-21(24)23(13-16-4-2-10-29-16)14-17-5-3-11-30-17/h2-7,10-12H,8-9,13-15H2,1H3. The van der Waals surface area contributed by atoms with E-state index in [9.17, 15) is 13.2 Å². The summed E-state index contributed by atoms with van der Waals surface area (Å²) < 4.78 is 38.2. The minimum absolute atomic E-state index is 0.0649. The first-order valence-corrected chi connectivity index (χ1v) is 12.8. The van der Waals surface area contributed by atoms with Crippen LogP contribution in [0.4, 0.5) is 0 Å². The maximum absolute atomic E-state index is 13.1. The number of sulfonamides is 1. The molecule has 0 aliphatic carbocycles. The number of fused-ring (bicyclic) bond motifs is 1. The van der Waals surface area contributed by atoms with Crippen LogP contribution in [0.3, 0.4) is 0 Å². The second-order valence-electron chi connectivity index (χ2n) is 6.98. The summed E-state index contributed by atoms with van der Waals surface area (Å²) in [6, 6.07) is 12.3. The lowest BCUT2D eigenvalue weighted by Gasteiger charge is -2.25. The molecule has 0 N–H and O–H groups in total. The highest BCUT2D eigenvalue weighted by atomic mass is 32.2. The fourth-order valence-corrected chi connectivity index (χ4v) is 5.73. The molecule has 3 heterocycles. The van der Waals surface area contributed by atoms with Crippen LogP contribution >= 0.6 is 22.7 Å². The van der Waals surface area contributed by atoms with Crippen molar-refractivity contribution >= 4 is 38.6 Å². The van der Waals surface area contributed by atoms with Gasteiger partial charge in [-0.2, -0.15) is 4.31 Å². The lowest BCUT2D eigenvalue weighted by molar-refractivity contribution is -0.132. The normalized spacial score (nSPS) is 13.4. The summed E-state index contributed by atoms with van der Waals surface area (Å²) >= 11 is 3.14. The molecule has 0 bridgehead atoms. The number of benzene rings is 1. The molecule has 0 spiro atoms. The highest BCUT2D eigenvalue weighted by Gasteiger charge is 2.27. The molecule has 0 radical (unpaired) electrons. The Balaban J connectivity index is 1.50. The van der Waals surface area contributed by atoms with Gasteiger partial charge in [-0.1, -0.05) is 12.1 Å². The van der Waals surface area contributed by atoms with E-state index in [0.29, 0.717) is 37.8 Å². The molecule has 164 valence electrons. The zero-order chi connectivity index (χ0) is 21.8. The number of amides is 1. The highest BCUT2D eigenvalue weighted by Crippen LogP contribution is 2.33. The Labute approximate surface area is 189 Å². The van der Waals surface area contributed by atoms with E-state index in [1.165, 1.54) is 19.2 Å². The van der Waals surface area contributed by atoms with Crippen molar-refractivity contribution in [2.45, 2.75) is 18.0 Å². The molecule has 0 saturated carbocycles. The van der Waals surface area contributed by atoms with E-state index >= 15 is 0 Å². The predicted octanol–water partition coefficient (Wildman–Crippen LogP) is 3.43. The van der Waals surface area contributed by atoms with E-state index in [1.807, 2.05) is 35.0 Å². The van der Waals surface area contributed by atoms with Crippen molar-refractivity contribution in [3.63, 3.8) is 0 Å². The molecule has 1 aliphatic heterocycles. The molecule has 31 heavy (non-hydrogen) atoms. The van der Waals surface area contributed by atoms with Gasteiger partial charge >= 0.3 is 0 Å². The van der Waals surface area contributed by atoms with Crippen LogP contribution in [0.2, 0.25) is 0 Å². The fraction of sp³-hybridized carbons (Fsp3) is 0.286. The van der Waals surface area contributed by atoms with Gasteiger partial charge in [-0.3, -0.25) is 4.79 Å². The molecule has 7 nitrogen and oxygen atoms in total. The van der Waals surface area contributed by atoms with Gasteiger partial charge in [-0.05, 0) is 35.0 Å². The largest absolute Gasteiger partial charge is 0.486 e. The van der Waals surface area contributed by atoms with E-state index < -0.39 is 10.0 Å². The van der Waals surface area contributed by atoms with Crippen molar-refractivity contribution in [2.24, 2.45) is 0 Å². The lowest BCUT2D eigenvalue weighted by Crippen LogP contribution is -2.40. The van der Waals surface area contributed by atoms with Gasteiger partial charge in [0.25, 0.3) is 0 Å². The van der Waals surface area contributed by atoms with Gasteiger partial charge < -0.3 is 14.4 Å². The smallest absolute Gasteiger partial charge is 0.243 e. The van der Waals surface area contributed by atoms with Crippen LogP contribution in [0.1, 0.15) is 9.75 Å². The molecule has 0 atom stereocenters. The Hall–Kier alpha value is -2.40. The molecule has 10 heteroatoms. The van der Waals surface area contributed by atoms with Crippen LogP contribution < -0.4 is 9.47 Å².